The molecule has 0 bridgehead atoms. The molecular weight excluding hydrogens is 296 g/mol. The number of aromatic hydroxyl groups is 1. The van der Waals surface area contributed by atoms with Crippen molar-refractivity contribution in [3.05, 3.63) is 41.0 Å². The number of fused-ring (bicyclic) bond motifs is 5. The highest BCUT2D eigenvalue weighted by molar-refractivity contribution is 5.42. The van der Waals surface area contributed by atoms with Gasteiger partial charge in [-0.05, 0) is 85.0 Å². The van der Waals surface area contributed by atoms with Crippen molar-refractivity contribution in [2.24, 2.45) is 17.3 Å². The van der Waals surface area contributed by atoms with Crippen molar-refractivity contribution in [1.82, 2.24) is 0 Å². The van der Waals surface area contributed by atoms with Gasteiger partial charge in [-0.1, -0.05) is 38.0 Å². The Balaban J connectivity index is 1.64. The first-order valence-corrected chi connectivity index (χ1v) is 9.75. The van der Waals surface area contributed by atoms with Gasteiger partial charge < -0.3 is 10.2 Å². The fourth-order valence-corrected chi connectivity index (χ4v) is 5.99. The molecular formula is C22H30O2. The number of hydrogen-bond acceptors (Lipinski definition) is 2. The third-order valence-electron chi connectivity index (χ3n) is 7.30. The lowest BCUT2D eigenvalue weighted by atomic mass is 9.53. The van der Waals surface area contributed by atoms with Gasteiger partial charge in [0.25, 0.3) is 0 Å². The number of benzene rings is 1. The fourth-order valence-electron chi connectivity index (χ4n) is 5.99. The highest BCUT2D eigenvalue weighted by Gasteiger charge is 2.52. The summed E-state index contributed by atoms with van der Waals surface area (Å²) in [7, 11) is 0. The lowest BCUT2D eigenvalue weighted by Gasteiger charge is -2.51. The number of aliphatic hydroxyl groups is 1. The predicted octanol–water partition coefficient (Wildman–Crippen LogP) is 5.47. The van der Waals surface area contributed by atoms with E-state index in [9.17, 15) is 10.2 Å². The van der Waals surface area contributed by atoms with E-state index < -0.39 is 6.10 Å². The average Bonchev–Trinajstić information content (AvgIpc) is 2.90. The molecule has 5 atom stereocenters. The van der Waals surface area contributed by atoms with Crippen LogP contribution in [0.25, 0.3) is 0 Å². The van der Waals surface area contributed by atoms with Crippen LogP contribution in [0, 0.1) is 17.3 Å². The van der Waals surface area contributed by atoms with Crippen molar-refractivity contribution < 1.29 is 10.2 Å². The third kappa shape index (κ3) is 2.34. The molecule has 1 aromatic rings. The van der Waals surface area contributed by atoms with Crippen LogP contribution in [0.2, 0.25) is 0 Å². The van der Waals surface area contributed by atoms with Crippen LogP contribution >= 0.6 is 0 Å². The second-order valence-electron chi connectivity index (χ2n) is 8.47. The smallest absolute Gasteiger partial charge is 0.115 e. The van der Waals surface area contributed by atoms with Crippen LogP contribution in [0.15, 0.2) is 29.8 Å². The topological polar surface area (TPSA) is 40.5 Å². The fraction of sp³-hybridized carbons (Fsp3) is 0.636. The Morgan fingerprint density at radius 2 is 2.08 bits per heavy atom. The molecule has 0 heterocycles. The van der Waals surface area contributed by atoms with Gasteiger partial charge in [-0.25, -0.2) is 0 Å². The van der Waals surface area contributed by atoms with Crippen molar-refractivity contribution in [2.45, 2.75) is 70.8 Å². The average molecular weight is 326 g/mol. The minimum atomic E-state index is -0.421. The maximum absolute atomic E-state index is 10.7. The van der Waals surface area contributed by atoms with Gasteiger partial charge >= 0.3 is 0 Å². The zero-order valence-corrected chi connectivity index (χ0v) is 15.0. The molecule has 2 nitrogen and oxygen atoms in total. The van der Waals surface area contributed by atoms with E-state index in [1.54, 1.807) is 17.7 Å². The Morgan fingerprint density at radius 3 is 2.88 bits per heavy atom. The summed E-state index contributed by atoms with van der Waals surface area (Å²) in [5.74, 6) is 2.09. The molecule has 3 aliphatic rings. The summed E-state index contributed by atoms with van der Waals surface area (Å²) < 4.78 is 0. The molecule has 0 aliphatic heterocycles. The van der Waals surface area contributed by atoms with Crippen molar-refractivity contribution >= 4 is 0 Å². The van der Waals surface area contributed by atoms with E-state index in [1.165, 1.54) is 44.1 Å². The Bertz CT molecular complexity index is 662. The number of allylic oxidation sites excluding steroid dienone is 2. The van der Waals surface area contributed by atoms with Gasteiger partial charge in [-0.3, -0.25) is 0 Å². The summed E-state index contributed by atoms with van der Waals surface area (Å²) in [5, 5.41) is 20.5. The van der Waals surface area contributed by atoms with Crippen LogP contribution in [0.3, 0.4) is 0 Å². The number of phenolic OH excluding ortho intramolecular Hbond substituents is 1. The van der Waals surface area contributed by atoms with Crippen molar-refractivity contribution in [1.29, 1.82) is 0 Å². The first-order valence-electron chi connectivity index (χ1n) is 9.75. The van der Waals surface area contributed by atoms with E-state index in [2.05, 4.69) is 26.0 Å². The van der Waals surface area contributed by atoms with Gasteiger partial charge in [-0.15, -0.1) is 0 Å². The van der Waals surface area contributed by atoms with E-state index >= 15 is 0 Å². The summed E-state index contributed by atoms with van der Waals surface area (Å²) in [6.45, 7) is 4.76. The van der Waals surface area contributed by atoms with Crippen molar-refractivity contribution in [3.63, 3.8) is 0 Å². The summed E-state index contributed by atoms with van der Waals surface area (Å²) in [6, 6.07) is 5.64. The zero-order valence-electron chi connectivity index (χ0n) is 15.0. The quantitative estimate of drug-likeness (QED) is 0.723. The zero-order chi connectivity index (χ0) is 16.9. The lowest BCUT2D eigenvalue weighted by molar-refractivity contribution is 0.0258. The van der Waals surface area contributed by atoms with Crippen LogP contribution in [0.1, 0.15) is 81.9 Å². The SMILES string of the molecule is CCCCC1=CCC2C3C[C@@H](O)c4cc(O)ccc4C3CC[C@]12C. The van der Waals surface area contributed by atoms with Crippen LogP contribution < -0.4 is 0 Å². The van der Waals surface area contributed by atoms with E-state index in [-0.39, 0.29) is 5.75 Å². The Kier molecular flexibility index (Phi) is 3.99. The normalized spacial score (nSPS) is 37.4. The molecule has 3 aliphatic carbocycles. The van der Waals surface area contributed by atoms with Gasteiger partial charge in [0.15, 0.2) is 0 Å². The molecule has 0 radical (unpaired) electrons. The number of phenols is 1. The van der Waals surface area contributed by atoms with Crippen molar-refractivity contribution in [3.8, 4) is 5.75 Å². The molecule has 1 aromatic carbocycles. The van der Waals surface area contributed by atoms with Crippen molar-refractivity contribution in [2.75, 3.05) is 0 Å². The molecule has 0 amide bonds. The van der Waals surface area contributed by atoms with Gasteiger partial charge in [0.1, 0.15) is 5.75 Å². The van der Waals surface area contributed by atoms with E-state index in [4.69, 9.17) is 0 Å². The van der Waals surface area contributed by atoms with Crippen LogP contribution in [0.5, 0.6) is 5.75 Å². The third-order valence-corrected chi connectivity index (χ3v) is 7.30. The van der Waals surface area contributed by atoms with Gasteiger partial charge in [-0.2, -0.15) is 0 Å². The minimum Gasteiger partial charge on any atom is -0.508 e. The molecule has 0 spiro atoms. The first-order chi connectivity index (χ1) is 11.5. The van der Waals surface area contributed by atoms with E-state index in [1.807, 2.05) is 0 Å². The summed E-state index contributed by atoms with van der Waals surface area (Å²) in [4.78, 5) is 0. The Hall–Kier alpha value is -1.28. The maximum atomic E-state index is 10.7. The second-order valence-corrected chi connectivity index (χ2v) is 8.47. The van der Waals surface area contributed by atoms with Crippen LogP contribution in [-0.4, -0.2) is 10.2 Å². The summed E-state index contributed by atoms with van der Waals surface area (Å²) in [6.07, 6.45) is 10.5. The van der Waals surface area contributed by atoms with Gasteiger partial charge in [0.2, 0.25) is 0 Å². The summed E-state index contributed by atoms with van der Waals surface area (Å²) >= 11 is 0. The molecule has 1 fully saturated rings. The Morgan fingerprint density at radius 1 is 1.25 bits per heavy atom. The summed E-state index contributed by atoms with van der Waals surface area (Å²) in [5.41, 5.74) is 4.31. The van der Waals surface area contributed by atoms with Crippen LogP contribution in [0.4, 0.5) is 0 Å². The molecule has 2 N–H and O–H groups in total. The predicted molar refractivity (Wildman–Crippen MR) is 97.0 cm³/mol. The molecule has 0 aromatic heterocycles. The molecule has 2 heteroatoms. The molecule has 0 saturated heterocycles. The van der Waals surface area contributed by atoms with Crippen LogP contribution in [-0.2, 0) is 0 Å². The highest BCUT2D eigenvalue weighted by Crippen LogP contribution is 2.62. The number of hydrogen-bond donors (Lipinski definition) is 2. The first kappa shape index (κ1) is 16.2. The molecule has 3 unspecified atom stereocenters. The monoisotopic (exact) mass is 326 g/mol. The number of aliphatic hydroxyl groups excluding tert-OH is 1. The van der Waals surface area contributed by atoms with Gasteiger partial charge in [0, 0.05) is 0 Å². The van der Waals surface area contributed by atoms with E-state index in [0.29, 0.717) is 23.2 Å². The van der Waals surface area contributed by atoms with E-state index in [0.717, 1.165) is 12.0 Å². The Labute approximate surface area is 145 Å². The lowest BCUT2D eigenvalue weighted by Crippen LogP contribution is -2.42. The second kappa shape index (κ2) is 5.91. The standard InChI is InChI=1S/C22H30O2/c1-3-4-5-14-6-9-20-18-13-21(24)19-12-15(23)7-8-16(19)17(18)10-11-22(14,20)2/h6-8,12,17-18,20-21,23-24H,3-5,9-11,13H2,1-2H3/t17?,18?,20?,21-,22-/m1/s1. The number of rotatable bonds is 3. The minimum absolute atomic E-state index is 0.274. The molecule has 24 heavy (non-hydrogen) atoms. The number of unbranched alkanes of at least 4 members (excludes halogenated alkanes) is 1. The maximum Gasteiger partial charge on any atom is 0.115 e. The molecule has 4 rings (SSSR count). The highest BCUT2D eigenvalue weighted by atomic mass is 16.3. The largest absolute Gasteiger partial charge is 0.508 e. The van der Waals surface area contributed by atoms with Gasteiger partial charge in [0.05, 0.1) is 6.10 Å². The molecule has 1 saturated carbocycles. The molecule has 130 valence electrons.